The number of rotatable bonds is 7. The van der Waals surface area contributed by atoms with Crippen LogP contribution in [0.25, 0.3) is 22.2 Å². The third-order valence-electron chi connectivity index (χ3n) is 7.05. The van der Waals surface area contributed by atoms with E-state index in [0.29, 0.717) is 30.9 Å². The average Bonchev–Trinajstić information content (AvgIpc) is 3.56. The Balaban J connectivity index is 1.56. The van der Waals surface area contributed by atoms with E-state index in [1.165, 1.54) is 31.4 Å². The van der Waals surface area contributed by atoms with Gasteiger partial charge in [0.15, 0.2) is 0 Å². The number of methoxy groups -OCH3 is 2. The van der Waals surface area contributed by atoms with Crippen molar-refractivity contribution in [3.63, 3.8) is 0 Å². The first kappa shape index (κ1) is 26.4. The van der Waals surface area contributed by atoms with Gasteiger partial charge in [-0.25, -0.2) is 0 Å². The molecule has 1 amide bonds. The SMILES string of the molecule is COC(=O)CCCC(=O)N1CCc2c([nH]c3ccc(OC)cc23)[C@@H]1c1ccc(-c2ccccc2C(F)(F)F)o1. The van der Waals surface area contributed by atoms with Gasteiger partial charge in [0.05, 0.1) is 25.5 Å². The molecule has 1 atom stereocenters. The summed E-state index contributed by atoms with van der Waals surface area (Å²) in [5.41, 5.74) is 1.69. The largest absolute Gasteiger partial charge is 0.497 e. The molecule has 2 aromatic carbocycles. The number of nitrogens with one attached hydrogen (secondary N) is 1. The Hall–Kier alpha value is -4.21. The minimum Gasteiger partial charge on any atom is -0.497 e. The number of hydrogen-bond acceptors (Lipinski definition) is 5. The number of amides is 1. The number of aromatic amines is 1. The number of furan rings is 1. The highest BCUT2D eigenvalue weighted by atomic mass is 19.4. The number of ether oxygens (including phenoxy) is 2. The summed E-state index contributed by atoms with van der Waals surface area (Å²) in [7, 11) is 2.88. The zero-order valence-corrected chi connectivity index (χ0v) is 21.4. The molecule has 5 rings (SSSR count). The molecule has 39 heavy (non-hydrogen) atoms. The van der Waals surface area contributed by atoms with Crippen LogP contribution < -0.4 is 4.74 Å². The van der Waals surface area contributed by atoms with Gasteiger partial charge in [0, 0.05) is 35.9 Å². The minimum atomic E-state index is -4.56. The number of fused-ring (bicyclic) bond motifs is 3. The van der Waals surface area contributed by atoms with Crippen LogP contribution in [0.1, 0.15) is 47.9 Å². The summed E-state index contributed by atoms with van der Waals surface area (Å²) in [5, 5.41) is 0.946. The standard InChI is InChI=1S/C29H27F3N2O5/c1-37-17-10-11-22-20(16-17)18-14-15-34(25(35)8-5-9-26(36)38-2)28(27(18)33-22)24-13-12-23(39-24)19-6-3-4-7-21(19)29(30,31)32/h3-4,6-7,10-13,16,28,33H,5,8-9,14-15H2,1-2H3/t28-/m0/s1. The molecule has 0 aliphatic carbocycles. The molecule has 0 fully saturated rings. The van der Waals surface area contributed by atoms with Gasteiger partial charge in [-0.05, 0) is 54.8 Å². The molecule has 1 aliphatic rings. The van der Waals surface area contributed by atoms with Gasteiger partial charge in [-0.3, -0.25) is 9.59 Å². The predicted octanol–water partition coefficient (Wildman–Crippen LogP) is 6.27. The normalized spacial score (nSPS) is 15.3. The van der Waals surface area contributed by atoms with Crippen LogP contribution in [0, 0.1) is 0 Å². The van der Waals surface area contributed by atoms with Crippen LogP contribution in [0.15, 0.2) is 59.0 Å². The zero-order valence-electron chi connectivity index (χ0n) is 21.4. The van der Waals surface area contributed by atoms with Gasteiger partial charge in [0.25, 0.3) is 0 Å². The van der Waals surface area contributed by atoms with Crippen LogP contribution >= 0.6 is 0 Å². The van der Waals surface area contributed by atoms with Gasteiger partial charge in [0.1, 0.15) is 23.3 Å². The smallest absolute Gasteiger partial charge is 0.417 e. The fourth-order valence-electron chi connectivity index (χ4n) is 5.18. The zero-order chi connectivity index (χ0) is 27.7. The van der Waals surface area contributed by atoms with Gasteiger partial charge >= 0.3 is 12.1 Å². The van der Waals surface area contributed by atoms with Gasteiger partial charge < -0.3 is 23.8 Å². The van der Waals surface area contributed by atoms with Crippen LogP contribution in [-0.2, 0) is 26.9 Å². The second kappa shape index (κ2) is 10.5. The molecular formula is C29H27F3N2O5. The van der Waals surface area contributed by atoms with Crippen molar-refractivity contribution in [2.45, 2.75) is 37.9 Å². The summed E-state index contributed by atoms with van der Waals surface area (Å²) < 4.78 is 57.2. The van der Waals surface area contributed by atoms with E-state index in [1.807, 2.05) is 18.2 Å². The number of alkyl halides is 3. The fourth-order valence-corrected chi connectivity index (χ4v) is 5.18. The number of benzene rings is 2. The molecule has 3 heterocycles. The van der Waals surface area contributed by atoms with E-state index >= 15 is 0 Å². The maximum atomic E-state index is 13.7. The molecule has 4 aromatic rings. The van der Waals surface area contributed by atoms with E-state index < -0.39 is 23.8 Å². The van der Waals surface area contributed by atoms with E-state index in [9.17, 15) is 22.8 Å². The van der Waals surface area contributed by atoms with Crippen molar-refractivity contribution in [3.8, 4) is 17.1 Å². The summed E-state index contributed by atoms with van der Waals surface area (Å²) in [6.45, 7) is 0.369. The highest BCUT2D eigenvalue weighted by Crippen LogP contribution is 2.43. The van der Waals surface area contributed by atoms with E-state index in [0.717, 1.165) is 28.2 Å². The molecule has 0 radical (unpaired) electrons. The van der Waals surface area contributed by atoms with Gasteiger partial charge in [-0.2, -0.15) is 13.2 Å². The lowest BCUT2D eigenvalue weighted by molar-refractivity contribution is -0.141. The summed E-state index contributed by atoms with van der Waals surface area (Å²) >= 11 is 0. The van der Waals surface area contributed by atoms with Crippen LogP contribution in [0.3, 0.4) is 0 Å². The van der Waals surface area contributed by atoms with Crippen LogP contribution in [0.4, 0.5) is 13.2 Å². The van der Waals surface area contributed by atoms with Crippen molar-refractivity contribution in [2.24, 2.45) is 0 Å². The summed E-state index contributed by atoms with van der Waals surface area (Å²) in [5.74, 6) is 0.484. The van der Waals surface area contributed by atoms with Gasteiger partial charge in [0.2, 0.25) is 5.91 Å². The molecule has 7 nitrogen and oxygen atoms in total. The van der Waals surface area contributed by atoms with E-state index in [-0.39, 0.29) is 30.1 Å². The molecule has 204 valence electrons. The summed E-state index contributed by atoms with van der Waals surface area (Å²) in [6.07, 6.45) is -3.46. The number of carbonyl (C=O) groups is 2. The number of halogens is 3. The Morgan fingerprint density at radius 1 is 1.08 bits per heavy atom. The molecule has 10 heteroatoms. The number of hydrogen-bond donors (Lipinski definition) is 1. The topological polar surface area (TPSA) is 84.8 Å². The Morgan fingerprint density at radius 2 is 1.87 bits per heavy atom. The van der Waals surface area contributed by atoms with Crippen LogP contribution in [0.2, 0.25) is 0 Å². The van der Waals surface area contributed by atoms with Crippen molar-refractivity contribution in [1.82, 2.24) is 9.88 Å². The van der Waals surface area contributed by atoms with Crippen LogP contribution in [-0.4, -0.2) is 42.5 Å². The molecule has 2 aromatic heterocycles. The highest BCUT2D eigenvalue weighted by molar-refractivity contribution is 5.88. The molecule has 0 spiro atoms. The lowest BCUT2D eigenvalue weighted by Gasteiger charge is -2.35. The first-order valence-electron chi connectivity index (χ1n) is 12.5. The second-order valence-corrected chi connectivity index (χ2v) is 9.34. The summed E-state index contributed by atoms with van der Waals surface area (Å²) in [4.78, 5) is 30.0. The highest BCUT2D eigenvalue weighted by Gasteiger charge is 2.38. The van der Waals surface area contributed by atoms with Crippen molar-refractivity contribution in [1.29, 1.82) is 0 Å². The Morgan fingerprint density at radius 3 is 2.62 bits per heavy atom. The van der Waals surface area contributed by atoms with E-state index in [2.05, 4.69) is 9.72 Å². The minimum absolute atomic E-state index is 0.0564. The molecule has 0 saturated heterocycles. The van der Waals surface area contributed by atoms with Gasteiger partial charge in [-0.1, -0.05) is 18.2 Å². The Labute approximate surface area is 222 Å². The third kappa shape index (κ3) is 5.10. The first-order valence-corrected chi connectivity index (χ1v) is 12.5. The van der Waals surface area contributed by atoms with E-state index in [1.54, 1.807) is 18.1 Å². The number of carbonyl (C=O) groups excluding carboxylic acids is 2. The number of esters is 1. The van der Waals surface area contributed by atoms with Crippen molar-refractivity contribution >= 4 is 22.8 Å². The maximum absolute atomic E-state index is 13.7. The molecule has 1 aliphatic heterocycles. The number of nitrogens with zero attached hydrogens (tertiary/aromatic N) is 1. The summed E-state index contributed by atoms with van der Waals surface area (Å²) in [6, 6.07) is 13.3. The average molecular weight is 541 g/mol. The maximum Gasteiger partial charge on any atom is 0.417 e. The Kier molecular flexibility index (Phi) is 7.12. The number of aromatic nitrogens is 1. The fraction of sp³-hybridized carbons (Fsp3) is 0.310. The number of H-pyrrole nitrogens is 1. The molecule has 0 saturated carbocycles. The Bertz CT molecular complexity index is 1520. The molecule has 0 unspecified atom stereocenters. The lowest BCUT2D eigenvalue weighted by Crippen LogP contribution is -2.40. The lowest BCUT2D eigenvalue weighted by atomic mass is 9.95. The monoisotopic (exact) mass is 540 g/mol. The van der Waals surface area contributed by atoms with Crippen molar-refractivity contribution in [3.05, 3.63) is 77.2 Å². The first-order chi connectivity index (χ1) is 18.7. The van der Waals surface area contributed by atoms with Crippen LogP contribution in [0.5, 0.6) is 5.75 Å². The van der Waals surface area contributed by atoms with Gasteiger partial charge in [-0.15, -0.1) is 0 Å². The third-order valence-corrected chi connectivity index (χ3v) is 7.05. The van der Waals surface area contributed by atoms with Crippen molar-refractivity contribution < 1.29 is 36.7 Å². The second-order valence-electron chi connectivity index (χ2n) is 9.34. The van der Waals surface area contributed by atoms with Crippen molar-refractivity contribution in [2.75, 3.05) is 20.8 Å². The predicted molar refractivity (Wildman–Crippen MR) is 137 cm³/mol. The van der Waals surface area contributed by atoms with E-state index in [4.69, 9.17) is 9.15 Å². The molecule has 1 N–H and O–H groups in total. The quantitative estimate of drug-likeness (QED) is 0.279. The molecule has 0 bridgehead atoms. The molecular weight excluding hydrogens is 513 g/mol.